The van der Waals surface area contributed by atoms with Crippen LogP contribution in [-0.4, -0.2) is 17.0 Å². The van der Waals surface area contributed by atoms with Crippen LogP contribution in [0.5, 0.6) is 0 Å². The van der Waals surface area contributed by atoms with E-state index < -0.39 is 11.7 Å². The fourth-order valence-corrected chi connectivity index (χ4v) is 1.92. The van der Waals surface area contributed by atoms with Gasteiger partial charge >= 0.3 is 6.18 Å². The molecule has 2 aromatic rings. The van der Waals surface area contributed by atoms with E-state index in [0.29, 0.717) is 17.2 Å². The van der Waals surface area contributed by atoms with E-state index in [9.17, 15) is 13.2 Å². The molecule has 4 nitrogen and oxygen atoms in total. The van der Waals surface area contributed by atoms with Crippen LogP contribution >= 0.6 is 11.6 Å². The molecule has 0 aliphatic heterocycles. The zero-order valence-corrected chi connectivity index (χ0v) is 12.0. The van der Waals surface area contributed by atoms with Crippen molar-refractivity contribution in [3.05, 3.63) is 40.7 Å². The van der Waals surface area contributed by atoms with Gasteiger partial charge in [0.05, 0.1) is 16.3 Å². The molecule has 0 spiro atoms. The molecular formula is C13H12ClF3N4. The van der Waals surface area contributed by atoms with Crippen LogP contribution in [0.3, 0.4) is 0 Å². The first kappa shape index (κ1) is 15.4. The number of hydrogen-bond acceptors (Lipinski definition) is 4. The first-order valence-electron chi connectivity index (χ1n) is 5.96. The van der Waals surface area contributed by atoms with Crippen LogP contribution in [-0.2, 0) is 6.18 Å². The smallest absolute Gasteiger partial charge is 0.373 e. The fraction of sp³-hybridized carbons (Fsp3) is 0.231. The summed E-state index contributed by atoms with van der Waals surface area (Å²) in [7, 11) is 1.69. The standard InChI is InChI=1S/C13H12ClF3N4/c1-7-11(18-2)19-6-20-12(7)21-10-5-8(13(15,16)17)3-4-9(10)14/h3-6H,1-2H3,(H2,18,19,20,21). The summed E-state index contributed by atoms with van der Waals surface area (Å²) in [5, 5.41) is 5.85. The molecule has 21 heavy (non-hydrogen) atoms. The Morgan fingerprint density at radius 2 is 1.81 bits per heavy atom. The Balaban J connectivity index is 2.40. The zero-order valence-electron chi connectivity index (χ0n) is 11.2. The molecule has 1 aromatic heterocycles. The number of nitrogens with zero attached hydrogens (tertiary/aromatic N) is 2. The molecule has 8 heteroatoms. The van der Waals surface area contributed by atoms with E-state index in [1.54, 1.807) is 14.0 Å². The first-order chi connectivity index (χ1) is 9.82. The van der Waals surface area contributed by atoms with Crippen LogP contribution in [0, 0.1) is 6.92 Å². The van der Waals surface area contributed by atoms with Gasteiger partial charge in [0.1, 0.15) is 18.0 Å². The number of nitrogens with one attached hydrogen (secondary N) is 2. The summed E-state index contributed by atoms with van der Waals surface area (Å²) in [6, 6.07) is 3.07. The predicted molar refractivity (Wildman–Crippen MR) is 76.1 cm³/mol. The van der Waals surface area contributed by atoms with E-state index in [4.69, 9.17) is 11.6 Å². The summed E-state index contributed by atoms with van der Waals surface area (Å²) >= 11 is 5.93. The highest BCUT2D eigenvalue weighted by Crippen LogP contribution is 2.35. The maximum atomic E-state index is 12.7. The summed E-state index contributed by atoms with van der Waals surface area (Å²) in [6.45, 7) is 1.75. The lowest BCUT2D eigenvalue weighted by Crippen LogP contribution is -2.07. The molecule has 0 radical (unpaired) electrons. The number of aromatic nitrogens is 2. The van der Waals surface area contributed by atoms with Crippen molar-refractivity contribution in [2.24, 2.45) is 0 Å². The second-order valence-electron chi connectivity index (χ2n) is 4.26. The quantitative estimate of drug-likeness (QED) is 0.889. The Hall–Kier alpha value is -2.02. The van der Waals surface area contributed by atoms with E-state index >= 15 is 0 Å². The molecule has 0 aliphatic rings. The highest BCUT2D eigenvalue weighted by atomic mass is 35.5. The van der Waals surface area contributed by atoms with E-state index in [2.05, 4.69) is 20.6 Å². The second kappa shape index (κ2) is 5.77. The first-order valence-corrected chi connectivity index (χ1v) is 6.34. The minimum atomic E-state index is -4.43. The van der Waals surface area contributed by atoms with Gasteiger partial charge < -0.3 is 10.6 Å². The topological polar surface area (TPSA) is 49.8 Å². The van der Waals surface area contributed by atoms with Crippen molar-refractivity contribution in [1.29, 1.82) is 0 Å². The summed E-state index contributed by atoms with van der Waals surface area (Å²) in [5.74, 6) is 0.964. The highest BCUT2D eigenvalue weighted by molar-refractivity contribution is 6.33. The van der Waals surface area contributed by atoms with E-state index in [1.807, 2.05) is 0 Å². The van der Waals surface area contributed by atoms with Crippen LogP contribution in [0.1, 0.15) is 11.1 Å². The van der Waals surface area contributed by atoms with Crippen LogP contribution in [0.15, 0.2) is 24.5 Å². The van der Waals surface area contributed by atoms with Crippen molar-refractivity contribution in [2.75, 3.05) is 17.7 Å². The van der Waals surface area contributed by atoms with Crippen molar-refractivity contribution < 1.29 is 13.2 Å². The Bertz CT molecular complexity index is 658. The van der Waals surface area contributed by atoms with E-state index in [-0.39, 0.29) is 10.7 Å². The van der Waals surface area contributed by atoms with Crippen LogP contribution in [0.2, 0.25) is 5.02 Å². The molecular weight excluding hydrogens is 305 g/mol. The summed E-state index contributed by atoms with van der Waals surface area (Å²) in [4.78, 5) is 8.02. The average molecular weight is 317 g/mol. The van der Waals surface area contributed by atoms with Gasteiger partial charge in [0, 0.05) is 12.6 Å². The van der Waals surface area contributed by atoms with Gasteiger partial charge in [-0.2, -0.15) is 13.2 Å². The third kappa shape index (κ3) is 3.36. The molecule has 0 amide bonds. The lowest BCUT2D eigenvalue weighted by molar-refractivity contribution is -0.137. The van der Waals surface area contributed by atoms with Gasteiger partial charge in [-0.05, 0) is 25.1 Å². The zero-order chi connectivity index (χ0) is 15.6. The molecule has 1 aromatic carbocycles. The lowest BCUT2D eigenvalue weighted by Gasteiger charge is -2.14. The Morgan fingerprint density at radius 1 is 1.14 bits per heavy atom. The molecule has 0 aliphatic carbocycles. The summed E-state index contributed by atoms with van der Waals surface area (Å²) in [5.41, 5.74) is 0.0266. The minimum Gasteiger partial charge on any atom is -0.373 e. The Labute approximate surface area is 124 Å². The Morgan fingerprint density at radius 3 is 2.43 bits per heavy atom. The molecule has 0 bridgehead atoms. The number of anilines is 3. The van der Waals surface area contributed by atoms with Gasteiger partial charge in [0.25, 0.3) is 0 Å². The maximum Gasteiger partial charge on any atom is 0.416 e. The Kier molecular flexibility index (Phi) is 4.22. The normalized spacial score (nSPS) is 11.3. The summed E-state index contributed by atoms with van der Waals surface area (Å²) < 4.78 is 38.2. The molecule has 2 rings (SSSR count). The van der Waals surface area contributed by atoms with Crippen molar-refractivity contribution in [2.45, 2.75) is 13.1 Å². The SMILES string of the molecule is CNc1ncnc(Nc2cc(C(F)(F)F)ccc2Cl)c1C. The molecule has 0 atom stereocenters. The number of benzene rings is 1. The van der Waals surface area contributed by atoms with Gasteiger partial charge in [0.15, 0.2) is 0 Å². The largest absolute Gasteiger partial charge is 0.416 e. The number of hydrogen-bond donors (Lipinski definition) is 2. The third-order valence-corrected chi connectivity index (χ3v) is 3.20. The molecule has 1 heterocycles. The van der Waals surface area contributed by atoms with Crippen LogP contribution in [0.4, 0.5) is 30.5 Å². The van der Waals surface area contributed by atoms with Crippen molar-refractivity contribution in [1.82, 2.24) is 9.97 Å². The second-order valence-corrected chi connectivity index (χ2v) is 4.67. The molecule has 0 saturated heterocycles. The van der Waals surface area contributed by atoms with E-state index in [0.717, 1.165) is 12.1 Å². The van der Waals surface area contributed by atoms with Crippen molar-refractivity contribution in [3.63, 3.8) is 0 Å². The predicted octanol–water partition coefficient (Wildman–Crippen LogP) is 4.24. The van der Waals surface area contributed by atoms with E-state index in [1.165, 1.54) is 12.4 Å². The monoisotopic (exact) mass is 316 g/mol. The summed E-state index contributed by atoms with van der Waals surface area (Å²) in [6.07, 6.45) is -3.12. The van der Waals surface area contributed by atoms with Crippen molar-refractivity contribution >= 4 is 28.9 Å². The van der Waals surface area contributed by atoms with Gasteiger partial charge in [0.2, 0.25) is 0 Å². The maximum absolute atomic E-state index is 12.7. The van der Waals surface area contributed by atoms with Gasteiger partial charge in [-0.25, -0.2) is 9.97 Å². The number of rotatable bonds is 3. The number of alkyl halides is 3. The minimum absolute atomic E-state index is 0.135. The lowest BCUT2D eigenvalue weighted by atomic mass is 10.2. The molecule has 0 saturated carbocycles. The van der Waals surface area contributed by atoms with Gasteiger partial charge in [-0.3, -0.25) is 0 Å². The molecule has 0 fully saturated rings. The third-order valence-electron chi connectivity index (χ3n) is 2.87. The van der Waals surface area contributed by atoms with Gasteiger partial charge in [-0.15, -0.1) is 0 Å². The average Bonchev–Trinajstić information content (AvgIpc) is 2.42. The highest BCUT2D eigenvalue weighted by Gasteiger charge is 2.31. The van der Waals surface area contributed by atoms with Gasteiger partial charge in [-0.1, -0.05) is 11.6 Å². The molecule has 0 unspecified atom stereocenters. The van der Waals surface area contributed by atoms with Crippen LogP contribution in [0.25, 0.3) is 0 Å². The molecule has 112 valence electrons. The van der Waals surface area contributed by atoms with Crippen LogP contribution < -0.4 is 10.6 Å². The fourth-order valence-electron chi connectivity index (χ4n) is 1.75. The molecule has 2 N–H and O–H groups in total. The van der Waals surface area contributed by atoms with Crippen molar-refractivity contribution in [3.8, 4) is 0 Å². The number of halogens is 4.